The molecule has 0 saturated carbocycles. The Morgan fingerprint density at radius 2 is 1.69 bits per heavy atom. The maximum atomic E-state index is 12.7. The first-order valence-corrected chi connectivity index (χ1v) is 10.8. The first-order valence-electron chi connectivity index (χ1n) is 10.8. The fourth-order valence-electron chi connectivity index (χ4n) is 3.45. The summed E-state index contributed by atoms with van der Waals surface area (Å²) in [6, 6.07) is 5.49. The molecule has 3 amide bonds. The van der Waals surface area contributed by atoms with E-state index in [1.807, 2.05) is 17.0 Å². The number of hydrogen-bond donors (Lipinski definition) is 2. The van der Waals surface area contributed by atoms with Crippen molar-refractivity contribution in [2.24, 2.45) is 5.92 Å². The third-order valence-corrected chi connectivity index (χ3v) is 5.15. The Balaban J connectivity index is 1.70. The predicted molar refractivity (Wildman–Crippen MR) is 120 cm³/mol. The highest BCUT2D eigenvalue weighted by atomic mass is 16.6. The number of amides is 3. The quantitative estimate of drug-likeness (QED) is 0.630. The number of methoxy groups -OCH3 is 2. The molecule has 9 heteroatoms. The third-order valence-electron chi connectivity index (χ3n) is 5.15. The van der Waals surface area contributed by atoms with Crippen LogP contribution in [0.15, 0.2) is 18.2 Å². The first kappa shape index (κ1) is 25.3. The zero-order valence-corrected chi connectivity index (χ0v) is 19.7. The smallest absolute Gasteiger partial charge is 0.408 e. The van der Waals surface area contributed by atoms with E-state index in [-0.39, 0.29) is 18.4 Å². The molecular formula is C23H35N3O6. The largest absolute Gasteiger partial charge is 0.493 e. The fraction of sp³-hybridized carbons (Fsp3) is 0.609. The first-order chi connectivity index (χ1) is 15.1. The van der Waals surface area contributed by atoms with Gasteiger partial charge < -0.3 is 29.7 Å². The second-order valence-corrected chi connectivity index (χ2v) is 8.85. The number of piperidine rings is 1. The Morgan fingerprint density at radius 3 is 2.28 bits per heavy atom. The van der Waals surface area contributed by atoms with E-state index in [1.165, 1.54) is 0 Å². The van der Waals surface area contributed by atoms with Gasteiger partial charge in [0.2, 0.25) is 11.8 Å². The molecule has 32 heavy (non-hydrogen) atoms. The Kier molecular flexibility index (Phi) is 9.16. The average Bonchev–Trinajstić information content (AvgIpc) is 2.75. The molecule has 0 unspecified atom stereocenters. The van der Waals surface area contributed by atoms with Crippen LogP contribution in [-0.2, 0) is 20.7 Å². The lowest BCUT2D eigenvalue weighted by atomic mass is 9.96. The summed E-state index contributed by atoms with van der Waals surface area (Å²) in [7, 11) is 3.15. The molecule has 0 aliphatic carbocycles. The molecule has 9 nitrogen and oxygen atoms in total. The van der Waals surface area contributed by atoms with Crippen LogP contribution in [0.4, 0.5) is 4.79 Å². The zero-order valence-electron chi connectivity index (χ0n) is 19.7. The summed E-state index contributed by atoms with van der Waals surface area (Å²) in [5.74, 6) is 1.34. The number of nitrogens with zero attached hydrogens (tertiary/aromatic N) is 1. The fourth-order valence-corrected chi connectivity index (χ4v) is 3.45. The van der Waals surface area contributed by atoms with Crippen LogP contribution in [0.1, 0.15) is 39.2 Å². The van der Waals surface area contributed by atoms with Gasteiger partial charge in [-0.2, -0.15) is 0 Å². The molecule has 0 atom stereocenters. The van der Waals surface area contributed by atoms with Crippen molar-refractivity contribution in [3.63, 3.8) is 0 Å². The van der Waals surface area contributed by atoms with E-state index in [9.17, 15) is 14.4 Å². The SMILES string of the molecule is COc1ccc(CC(=O)N2CCC(CNC(=O)CNC(=O)OC(C)(C)C)CC2)cc1OC. The van der Waals surface area contributed by atoms with Crippen LogP contribution < -0.4 is 20.1 Å². The highest BCUT2D eigenvalue weighted by molar-refractivity contribution is 5.82. The molecular weight excluding hydrogens is 414 g/mol. The van der Waals surface area contributed by atoms with Gasteiger partial charge in [-0.25, -0.2) is 4.79 Å². The number of rotatable bonds is 8. The topological polar surface area (TPSA) is 106 Å². The van der Waals surface area contributed by atoms with Gasteiger partial charge in [0.05, 0.1) is 27.2 Å². The normalized spacial score (nSPS) is 14.5. The van der Waals surface area contributed by atoms with Gasteiger partial charge in [0.1, 0.15) is 5.60 Å². The van der Waals surface area contributed by atoms with E-state index in [2.05, 4.69) is 10.6 Å². The van der Waals surface area contributed by atoms with E-state index < -0.39 is 11.7 Å². The van der Waals surface area contributed by atoms with Gasteiger partial charge in [-0.05, 0) is 57.2 Å². The minimum Gasteiger partial charge on any atom is -0.493 e. The minimum atomic E-state index is -0.617. The predicted octanol–water partition coefficient (Wildman–Crippen LogP) is 2.13. The second-order valence-electron chi connectivity index (χ2n) is 8.85. The van der Waals surface area contributed by atoms with E-state index in [0.29, 0.717) is 43.5 Å². The lowest BCUT2D eigenvalue weighted by Crippen LogP contribution is -2.44. The highest BCUT2D eigenvalue weighted by Crippen LogP contribution is 2.28. The molecule has 1 saturated heterocycles. The van der Waals surface area contributed by atoms with Gasteiger partial charge in [-0.3, -0.25) is 9.59 Å². The summed E-state index contributed by atoms with van der Waals surface area (Å²) in [6.07, 6.45) is 1.32. The zero-order chi connectivity index (χ0) is 23.7. The standard InChI is InChI=1S/C23H35N3O6/c1-23(2,3)32-22(29)25-15-20(27)24-14-16-8-10-26(11-9-16)21(28)13-17-6-7-18(30-4)19(12-17)31-5/h6-7,12,16H,8-11,13-15H2,1-5H3,(H,24,27)(H,25,29). The third kappa shape index (κ3) is 8.28. The van der Waals surface area contributed by atoms with Gasteiger partial charge in [0.25, 0.3) is 0 Å². The van der Waals surface area contributed by atoms with Crippen molar-refractivity contribution in [1.29, 1.82) is 0 Å². The van der Waals surface area contributed by atoms with Crippen LogP contribution in [0.5, 0.6) is 11.5 Å². The van der Waals surface area contributed by atoms with E-state index >= 15 is 0 Å². The molecule has 178 valence electrons. The average molecular weight is 450 g/mol. The molecule has 2 rings (SSSR count). The number of ether oxygens (including phenoxy) is 3. The van der Waals surface area contributed by atoms with Crippen LogP contribution in [0.3, 0.4) is 0 Å². The lowest BCUT2D eigenvalue weighted by molar-refractivity contribution is -0.132. The number of alkyl carbamates (subject to hydrolysis) is 1. The van der Waals surface area contributed by atoms with Crippen molar-refractivity contribution < 1.29 is 28.6 Å². The molecule has 1 aliphatic heterocycles. The van der Waals surface area contributed by atoms with Crippen LogP contribution in [-0.4, -0.2) is 68.8 Å². The Labute approximate surface area is 189 Å². The molecule has 1 heterocycles. The van der Waals surface area contributed by atoms with E-state index in [0.717, 1.165) is 18.4 Å². The highest BCUT2D eigenvalue weighted by Gasteiger charge is 2.24. The number of carbonyl (C=O) groups excluding carboxylic acids is 3. The molecule has 0 aromatic heterocycles. The second kappa shape index (κ2) is 11.6. The van der Waals surface area contributed by atoms with E-state index in [4.69, 9.17) is 14.2 Å². The van der Waals surface area contributed by atoms with Crippen molar-refractivity contribution in [1.82, 2.24) is 15.5 Å². The molecule has 1 aliphatic rings. The summed E-state index contributed by atoms with van der Waals surface area (Å²) < 4.78 is 15.6. The van der Waals surface area contributed by atoms with Crippen LogP contribution in [0.2, 0.25) is 0 Å². The van der Waals surface area contributed by atoms with Gasteiger partial charge in [0.15, 0.2) is 11.5 Å². The van der Waals surface area contributed by atoms with E-state index in [1.54, 1.807) is 41.1 Å². The molecule has 0 bridgehead atoms. The number of hydrogen-bond acceptors (Lipinski definition) is 6. The molecule has 0 radical (unpaired) electrons. The summed E-state index contributed by atoms with van der Waals surface area (Å²) in [5.41, 5.74) is 0.269. The molecule has 1 fully saturated rings. The van der Waals surface area contributed by atoms with Gasteiger partial charge in [0, 0.05) is 19.6 Å². The maximum absolute atomic E-state index is 12.7. The maximum Gasteiger partial charge on any atom is 0.408 e. The van der Waals surface area contributed by atoms with Crippen LogP contribution >= 0.6 is 0 Å². The van der Waals surface area contributed by atoms with Crippen LogP contribution in [0.25, 0.3) is 0 Å². The van der Waals surface area contributed by atoms with Crippen molar-refractivity contribution in [2.45, 2.75) is 45.6 Å². The Bertz CT molecular complexity index is 797. The molecule has 1 aromatic carbocycles. The summed E-state index contributed by atoms with van der Waals surface area (Å²) in [5, 5.41) is 5.28. The summed E-state index contributed by atoms with van der Waals surface area (Å²) in [6.45, 7) is 6.99. The Hall–Kier alpha value is -2.97. The monoisotopic (exact) mass is 449 g/mol. The van der Waals surface area contributed by atoms with Gasteiger partial charge >= 0.3 is 6.09 Å². The molecule has 2 N–H and O–H groups in total. The molecule has 1 aromatic rings. The number of nitrogens with one attached hydrogen (secondary N) is 2. The number of benzene rings is 1. The number of carbonyl (C=O) groups is 3. The van der Waals surface area contributed by atoms with Crippen molar-refractivity contribution in [3.8, 4) is 11.5 Å². The van der Waals surface area contributed by atoms with Crippen molar-refractivity contribution in [3.05, 3.63) is 23.8 Å². The number of likely N-dealkylation sites (tertiary alicyclic amines) is 1. The van der Waals surface area contributed by atoms with Crippen molar-refractivity contribution in [2.75, 3.05) is 40.4 Å². The van der Waals surface area contributed by atoms with Gasteiger partial charge in [-0.1, -0.05) is 6.07 Å². The summed E-state index contributed by atoms with van der Waals surface area (Å²) in [4.78, 5) is 38.1. The lowest BCUT2D eigenvalue weighted by Gasteiger charge is -2.32. The molecule has 0 spiro atoms. The van der Waals surface area contributed by atoms with Gasteiger partial charge in [-0.15, -0.1) is 0 Å². The Morgan fingerprint density at radius 1 is 1.03 bits per heavy atom. The van der Waals surface area contributed by atoms with Crippen molar-refractivity contribution >= 4 is 17.9 Å². The van der Waals surface area contributed by atoms with Crippen LogP contribution in [0, 0.1) is 5.92 Å². The summed E-state index contributed by atoms with van der Waals surface area (Å²) >= 11 is 0. The minimum absolute atomic E-state index is 0.0706.